The van der Waals surface area contributed by atoms with Gasteiger partial charge >= 0.3 is 6.09 Å². The van der Waals surface area contributed by atoms with E-state index < -0.39 is 0 Å². The highest BCUT2D eigenvalue weighted by molar-refractivity contribution is 5.71. The number of hydrogen-bond donors (Lipinski definition) is 0. The monoisotopic (exact) mass is 333 g/mol. The number of nitrogens with zero attached hydrogens (tertiary/aromatic N) is 1. The molecule has 0 atom stereocenters. The highest BCUT2D eigenvalue weighted by Gasteiger charge is 2.27. The minimum absolute atomic E-state index is 0.260. The van der Waals surface area contributed by atoms with Crippen LogP contribution in [0.5, 0.6) is 11.5 Å². The van der Waals surface area contributed by atoms with E-state index in [9.17, 15) is 4.79 Å². The molecule has 0 unspecified atom stereocenters. The molecule has 0 spiro atoms. The molecule has 0 bridgehead atoms. The Morgan fingerprint density at radius 2 is 1.88 bits per heavy atom. The van der Waals surface area contributed by atoms with Gasteiger partial charge in [0.15, 0.2) is 0 Å². The van der Waals surface area contributed by atoms with E-state index in [1.54, 1.807) is 17.0 Å². The summed E-state index contributed by atoms with van der Waals surface area (Å²) in [5, 5.41) is 0. The predicted molar refractivity (Wildman–Crippen MR) is 96.7 cm³/mol. The molecule has 1 fully saturated rings. The quantitative estimate of drug-likeness (QED) is 0.712. The molecule has 4 nitrogen and oxygen atoms in total. The molecule has 4 heteroatoms. The van der Waals surface area contributed by atoms with Gasteiger partial charge in [0.2, 0.25) is 0 Å². The van der Waals surface area contributed by atoms with Crippen molar-refractivity contribution in [3.05, 3.63) is 24.3 Å². The summed E-state index contributed by atoms with van der Waals surface area (Å²) >= 11 is 0. The van der Waals surface area contributed by atoms with E-state index in [1.165, 1.54) is 25.7 Å². The first-order chi connectivity index (χ1) is 11.4. The van der Waals surface area contributed by atoms with Crippen LogP contribution in [0.1, 0.15) is 59.8 Å². The van der Waals surface area contributed by atoms with Gasteiger partial charge in [-0.2, -0.15) is 0 Å². The minimum Gasteiger partial charge on any atom is -0.493 e. The normalized spacial score (nSPS) is 15.3. The van der Waals surface area contributed by atoms with E-state index >= 15 is 0 Å². The lowest BCUT2D eigenvalue weighted by atomic mass is 10.1. The van der Waals surface area contributed by atoms with Crippen molar-refractivity contribution in [1.82, 2.24) is 4.90 Å². The lowest BCUT2D eigenvalue weighted by Gasteiger charge is -2.34. The van der Waals surface area contributed by atoms with Crippen LogP contribution in [0.3, 0.4) is 0 Å². The van der Waals surface area contributed by atoms with Crippen LogP contribution in [0.2, 0.25) is 0 Å². The van der Waals surface area contributed by atoms with Crippen LogP contribution in [-0.2, 0) is 0 Å². The second-order valence-corrected chi connectivity index (χ2v) is 7.63. The summed E-state index contributed by atoms with van der Waals surface area (Å²) in [6.07, 6.45) is 5.73. The number of ether oxygens (including phenoxy) is 2. The summed E-state index contributed by atoms with van der Waals surface area (Å²) in [6, 6.07) is 7.39. The minimum atomic E-state index is -0.308. The Bertz CT molecular complexity index is 530. The van der Waals surface area contributed by atoms with Crippen LogP contribution in [0.4, 0.5) is 4.79 Å². The van der Waals surface area contributed by atoms with Crippen LogP contribution in [0.25, 0.3) is 0 Å². The average Bonchev–Trinajstić information content (AvgIpc) is 3.03. The second kappa shape index (κ2) is 8.41. The Morgan fingerprint density at radius 1 is 1.21 bits per heavy atom. The molecule has 0 saturated heterocycles. The summed E-state index contributed by atoms with van der Waals surface area (Å²) in [7, 11) is 0. The first-order valence-corrected chi connectivity index (χ1v) is 9.12. The first kappa shape index (κ1) is 18.6. The summed E-state index contributed by atoms with van der Waals surface area (Å²) < 4.78 is 11.5. The molecule has 24 heavy (non-hydrogen) atoms. The van der Waals surface area contributed by atoms with Crippen molar-refractivity contribution in [2.75, 3.05) is 13.2 Å². The van der Waals surface area contributed by atoms with Crippen molar-refractivity contribution >= 4 is 6.09 Å². The summed E-state index contributed by atoms with van der Waals surface area (Å²) in [6.45, 7) is 9.55. The van der Waals surface area contributed by atoms with Crippen LogP contribution in [-0.4, -0.2) is 29.7 Å². The molecule has 0 aliphatic heterocycles. The van der Waals surface area contributed by atoms with E-state index in [1.807, 2.05) is 32.9 Å². The molecule has 1 saturated carbocycles. The van der Waals surface area contributed by atoms with Gasteiger partial charge in [0.05, 0.1) is 6.61 Å². The number of carbonyl (C=O) groups is 1. The Kier molecular flexibility index (Phi) is 6.52. The summed E-state index contributed by atoms with van der Waals surface area (Å²) in [5.74, 6) is 1.97. The number of benzene rings is 1. The van der Waals surface area contributed by atoms with Gasteiger partial charge in [-0.15, -0.1) is 0 Å². The van der Waals surface area contributed by atoms with E-state index in [0.717, 1.165) is 18.8 Å². The van der Waals surface area contributed by atoms with Crippen molar-refractivity contribution in [2.24, 2.45) is 5.92 Å². The third-order valence-electron chi connectivity index (χ3n) is 4.45. The fourth-order valence-corrected chi connectivity index (χ4v) is 3.10. The van der Waals surface area contributed by atoms with Gasteiger partial charge in [0.1, 0.15) is 11.5 Å². The molecular weight excluding hydrogens is 302 g/mol. The molecule has 1 aliphatic rings. The molecule has 0 aromatic heterocycles. The zero-order valence-electron chi connectivity index (χ0n) is 15.5. The molecule has 1 aliphatic carbocycles. The zero-order valence-corrected chi connectivity index (χ0v) is 15.5. The zero-order chi connectivity index (χ0) is 17.6. The Morgan fingerprint density at radius 3 is 2.50 bits per heavy atom. The van der Waals surface area contributed by atoms with Gasteiger partial charge in [0.25, 0.3) is 0 Å². The van der Waals surface area contributed by atoms with Crippen molar-refractivity contribution < 1.29 is 14.3 Å². The molecule has 2 rings (SSSR count). The Labute approximate surface area is 146 Å². The third kappa shape index (κ3) is 5.43. The topological polar surface area (TPSA) is 38.8 Å². The van der Waals surface area contributed by atoms with Gasteiger partial charge in [-0.05, 0) is 58.1 Å². The lowest BCUT2D eigenvalue weighted by Crippen LogP contribution is -2.47. The first-order valence-electron chi connectivity index (χ1n) is 9.12. The fraction of sp³-hybridized carbons (Fsp3) is 0.650. The maximum Gasteiger partial charge on any atom is 0.415 e. The molecule has 134 valence electrons. The van der Waals surface area contributed by atoms with Crippen molar-refractivity contribution in [3.8, 4) is 11.5 Å². The molecule has 0 radical (unpaired) electrons. The SMILES string of the molecule is CCCN(C(=O)Oc1cccc(OCC2CCCC2)c1)C(C)(C)C. The molecule has 1 aromatic carbocycles. The van der Waals surface area contributed by atoms with Crippen LogP contribution >= 0.6 is 0 Å². The van der Waals surface area contributed by atoms with E-state index in [2.05, 4.69) is 6.92 Å². The van der Waals surface area contributed by atoms with Crippen LogP contribution in [0, 0.1) is 5.92 Å². The average molecular weight is 333 g/mol. The van der Waals surface area contributed by atoms with Crippen molar-refractivity contribution in [2.45, 2.75) is 65.3 Å². The summed E-state index contributed by atoms with van der Waals surface area (Å²) in [5.41, 5.74) is -0.260. The van der Waals surface area contributed by atoms with Crippen LogP contribution < -0.4 is 9.47 Å². The fourth-order valence-electron chi connectivity index (χ4n) is 3.10. The van der Waals surface area contributed by atoms with Gasteiger partial charge < -0.3 is 14.4 Å². The molecule has 1 aromatic rings. The maximum atomic E-state index is 12.5. The smallest absolute Gasteiger partial charge is 0.415 e. The third-order valence-corrected chi connectivity index (χ3v) is 4.45. The van der Waals surface area contributed by atoms with Gasteiger partial charge in [-0.1, -0.05) is 25.8 Å². The van der Waals surface area contributed by atoms with Crippen LogP contribution in [0.15, 0.2) is 24.3 Å². The number of hydrogen-bond acceptors (Lipinski definition) is 3. The second-order valence-electron chi connectivity index (χ2n) is 7.63. The molecule has 0 heterocycles. The largest absolute Gasteiger partial charge is 0.493 e. The number of amides is 1. The summed E-state index contributed by atoms with van der Waals surface area (Å²) in [4.78, 5) is 14.3. The van der Waals surface area contributed by atoms with Crippen molar-refractivity contribution in [1.29, 1.82) is 0 Å². The van der Waals surface area contributed by atoms with Crippen molar-refractivity contribution in [3.63, 3.8) is 0 Å². The lowest BCUT2D eigenvalue weighted by molar-refractivity contribution is 0.106. The predicted octanol–water partition coefficient (Wildman–Crippen LogP) is 5.26. The van der Waals surface area contributed by atoms with E-state index in [-0.39, 0.29) is 11.6 Å². The Hall–Kier alpha value is -1.71. The molecule has 1 amide bonds. The maximum absolute atomic E-state index is 12.5. The van der Waals surface area contributed by atoms with E-state index in [4.69, 9.17) is 9.47 Å². The highest BCUT2D eigenvalue weighted by atomic mass is 16.6. The van der Waals surface area contributed by atoms with Gasteiger partial charge in [0, 0.05) is 18.2 Å². The standard InChI is InChI=1S/C20H31NO3/c1-5-13-21(20(2,3)4)19(22)24-18-12-8-11-17(14-18)23-15-16-9-6-7-10-16/h8,11-12,14,16H,5-7,9-10,13,15H2,1-4H3. The molecular formula is C20H31NO3. The number of carbonyl (C=O) groups excluding carboxylic acids is 1. The highest BCUT2D eigenvalue weighted by Crippen LogP contribution is 2.27. The van der Waals surface area contributed by atoms with E-state index in [0.29, 0.717) is 18.2 Å². The van der Waals surface area contributed by atoms with Gasteiger partial charge in [-0.3, -0.25) is 0 Å². The Balaban J connectivity index is 1.95. The number of rotatable bonds is 6. The van der Waals surface area contributed by atoms with Gasteiger partial charge in [-0.25, -0.2) is 4.79 Å². The molecule has 0 N–H and O–H groups in total.